The summed E-state index contributed by atoms with van der Waals surface area (Å²) in [6.45, 7) is 2.96. The molecule has 1 heterocycles. The number of alkyl halides is 4. The minimum Gasteiger partial charge on any atom is -0.389 e. The molecule has 0 fully saturated rings. The van der Waals surface area contributed by atoms with Crippen LogP contribution in [0.15, 0.2) is 10.3 Å². The molecule has 0 saturated heterocycles. The largest absolute Gasteiger partial charge is 0.434 e. The van der Waals surface area contributed by atoms with Crippen LogP contribution in [0.1, 0.15) is 20.3 Å². The first-order valence-corrected chi connectivity index (χ1v) is 7.41. The molecule has 1 rings (SSSR count). The van der Waals surface area contributed by atoms with Gasteiger partial charge in [0, 0.05) is 13.5 Å². The monoisotopic (exact) mass is 346 g/mol. The van der Waals surface area contributed by atoms with Crippen molar-refractivity contribution in [2.75, 3.05) is 7.05 Å². The van der Waals surface area contributed by atoms with Crippen molar-refractivity contribution in [2.24, 2.45) is 10.3 Å². The minimum absolute atomic E-state index is 0.304. The van der Waals surface area contributed by atoms with Crippen LogP contribution in [-0.4, -0.2) is 49.2 Å². The summed E-state index contributed by atoms with van der Waals surface area (Å²) in [6, 6.07) is 0. The first-order chi connectivity index (χ1) is 9.83. The zero-order chi connectivity index (χ0) is 17.3. The van der Waals surface area contributed by atoms with Crippen molar-refractivity contribution in [1.29, 1.82) is 5.41 Å². The van der Waals surface area contributed by atoms with Gasteiger partial charge >= 0.3 is 6.18 Å². The second-order valence-corrected chi connectivity index (χ2v) is 6.94. The Labute approximate surface area is 123 Å². The highest BCUT2D eigenvalue weighted by molar-refractivity contribution is 8.07. The van der Waals surface area contributed by atoms with E-state index in [1.165, 1.54) is 13.8 Å². The number of rotatable bonds is 4. The van der Waals surface area contributed by atoms with Crippen LogP contribution in [-0.2, 0) is 14.7 Å². The molecule has 12 heteroatoms. The molecule has 0 aliphatic carbocycles. The maximum atomic E-state index is 14.2. The van der Waals surface area contributed by atoms with E-state index in [2.05, 4.69) is 10.3 Å². The lowest BCUT2D eigenvalue weighted by atomic mass is 10.1. The van der Waals surface area contributed by atoms with Gasteiger partial charge in [-0.05, 0) is 13.8 Å². The van der Waals surface area contributed by atoms with Gasteiger partial charge in [0.2, 0.25) is 9.84 Å². The molecule has 0 radical (unpaired) electrons. The SMILES string of the molecule is CN/N=C(\C(=N)C(F)(F)F)C(F)S(=O)(=O)C1=NOC(C)(C)C1. The first-order valence-electron chi connectivity index (χ1n) is 5.86. The number of nitrogens with zero attached hydrogens (tertiary/aromatic N) is 2. The van der Waals surface area contributed by atoms with E-state index in [0.29, 0.717) is 0 Å². The first kappa shape index (κ1) is 18.3. The topological polar surface area (TPSA) is 104 Å². The van der Waals surface area contributed by atoms with Crippen molar-refractivity contribution in [3.05, 3.63) is 0 Å². The van der Waals surface area contributed by atoms with E-state index in [1.807, 2.05) is 5.43 Å². The van der Waals surface area contributed by atoms with Crippen LogP contribution in [0.5, 0.6) is 0 Å². The summed E-state index contributed by atoms with van der Waals surface area (Å²) in [5, 5.41) is 12.3. The summed E-state index contributed by atoms with van der Waals surface area (Å²) in [7, 11) is -3.85. The Bertz CT molecular complexity index is 625. The predicted octanol–water partition coefficient (Wildman–Crippen LogP) is 1.37. The van der Waals surface area contributed by atoms with Gasteiger partial charge < -0.3 is 10.3 Å². The van der Waals surface area contributed by atoms with Crippen LogP contribution in [0, 0.1) is 5.41 Å². The Morgan fingerprint density at radius 3 is 2.41 bits per heavy atom. The molecule has 7 nitrogen and oxygen atoms in total. The third-order valence-corrected chi connectivity index (χ3v) is 4.20. The van der Waals surface area contributed by atoms with Crippen LogP contribution in [0.3, 0.4) is 0 Å². The quantitative estimate of drug-likeness (QED) is 0.456. The van der Waals surface area contributed by atoms with Crippen LogP contribution in [0.2, 0.25) is 0 Å². The lowest BCUT2D eigenvalue weighted by molar-refractivity contribution is -0.0575. The molecule has 1 unspecified atom stereocenters. The van der Waals surface area contributed by atoms with Gasteiger partial charge in [0.25, 0.3) is 5.50 Å². The van der Waals surface area contributed by atoms with E-state index in [1.54, 1.807) is 0 Å². The van der Waals surface area contributed by atoms with Crippen molar-refractivity contribution in [1.82, 2.24) is 5.43 Å². The molecule has 1 aliphatic rings. The number of sulfone groups is 1. The second kappa shape index (κ2) is 5.82. The van der Waals surface area contributed by atoms with E-state index >= 15 is 0 Å². The fraction of sp³-hybridized carbons (Fsp3) is 0.700. The van der Waals surface area contributed by atoms with Crippen LogP contribution in [0.4, 0.5) is 17.6 Å². The molecule has 0 aromatic carbocycles. The van der Waals surface area contributed by atoms with E-state index in [9.17, 15) is 26.0 Å². The van der Waals surface area contributed by atoms with Crippen molar-refractivity contribution in [3.63, 3.8) is 0 Å². The van der Waals surface area contributed by atoms with Gasteiger partial charge in [-0.3, -0.25) is 5.41 Å². The maximum Gasteiger partial charge on any atom is 0.434 e. The van der Waals surface area contributed by atoms with Gasteiger partial charge in [0.05, 0.1) is 0 Å². The number of oxime groups is 1. The summed E-state index contributed by atoms with van der Waals surface area (Å²) in [4.78, 5) is 4.77. The molecular formula is C10H14F4N4O3S. The van der Waals surface area contributed by atoms with Gasteiger partial charge in [-0.25, -0.2) is 12.8 Å². The van der Waals surface area contributed by atoms with E-state index < -0.39 is 43.6 Å². The van der Waals surface area contributed by atoms with Crippen molar-refractivity contribution >= 4 is 26.3 Å². The average molecular weight is 346 g/mol. The lowest BCUT2D eigenvalue weighted by Gasteiger charge is -2.16. The van der Waals surface area contributed by atoms with Crippen LogP contribution >= 0.6 is 0 Å². The minimum atomic E-state index is -5.25. The molecular weight excluding hydrogens is 332 g/mol. The molecule has 22 heavy (non-hydrogen) atoms. The zero-order valence-corrected chi connectivity index (χ0v) is 12.6. The van der Waals surface area contributed by atoms with Gasteiger partial charge in [0.1, 0.15) is 11.3 Å². The summed E-state index contributed by atoms with van der Waals surface area (Å²) in [5.41, 5.74) is -6.14. The lowest BCUT2D eigenvalue weighted by Crippen LogP contribution is -2.42. The highest BCUT2D eigenvalue weighted by atomic mass is 32.2. The van der Waals surface area contributed by atoms with E-state index in [0.717, 1.165) is 7.05 Å². The maximum absolute atomic E-state index is 14.2. The average Bonchev–Trinajstić information content (AvgIpc) is 2.74. The third-order valence-electron chi connectivity index (χ3n) is 2.56. The molecule has 2 N–H and O–H groups in total. The van der Waals surface area contributed by atoms with Crippen LogP contribution < -0.4 is 5.43 Å². The van der Waals surface area contributed by atoms with E-state index in [4.69, 9.17) is 10.2 Å². The molecule has 0 bridgehead atoms. The Morgan fingerprint density at radius 1 is 1.50 bits per heavy atom. The smallest absolute Gasteiger partial charge is 0.389 e. The summed E-state index contributed by atoms with van der Waals surface area (Å²) in [6.07, 6.45) is -5.55. The van der Waals surface area contributed by atoms with Gasteiger partial charge in [-0.15, -0.1) is 0 Å². The molecule has 0 spiro atoms. The Kier molecular flexibility index (Phi) is 4.85. The molecule has 0 aromatic heterocycles. The summed E-state index contributed by atoms with van der Waals surface area (Å²) in [5.74, 6) is 0. The molecule has 126 valence electrons. The Morgan fingerprint density at radius 2 is 2.05 bits per heavy atom. The van der Waals surface area contributed by atoms with Gasteiger partial charge in [-0.1, -0.05) is 5.16 Å². The number of hydrogen-bond acceptors (Lipinski definition) is 7. The number of hydrogen-bond donors (Lipinski definition) is 2. The standard InChI is InChI=1S/C10H14F4N4O3S/c1-9(2)4-5(18-21-9)22(19,20)8(11)6(17-16-3)7(15)10(12,13)14/h8,15-16H,4H2,1-3H3/b15-7?,17-6+. The van der Waals surface area contributed by atoms with Gasteiger partial charge in [0.15, 0.2) is 10.8 Å². The molecule has 1 aliphatic heterocycles. The van der Waals surface area contributed by atoms with Gasteiger partial charge in [-0.2, -0.15) is 18.3 Å². The van der Waals surface area contributed by atoms with Crippen molar-refractivity contribution < 1.29 is 30.8 Å². The molecule has 0 amide bonds. The van der Waals surface area contributed by atoms with E-state index in [-0.39, 0.29) is 6.42 Å². The molecule has 0 aromatic rings. The van der Waals surface area contributed by atoms with Crippen molar-refractivity contribution in [2.45, 2.75) is 37.5 Å². The molecule has 0 saturated carbocycles. The number of nitrogens with one attached hydrogen (secondary N) is 2. The predicted molar refractivity (Wildman–Crippen MR) is 71.3 cm³/mol. The summed E-state index contributed by atoms with van der Waals surface area (Å²) >= 11 is 0. The van der Waals surface area contributed by atoms with Crippen LogP contribution in [0.25, 0.3) is 0 Å². The zero-order valence-electron chi connectivity index (χ0n) is 11.8. The highest BCUT2D eigenvalue weighted by Gasteiger charge is 2.48. The molecule has 1 atom stereocenters. The van der Waals surface area contributed by atoms with Crippen molar-refractivity contribution in [3.8, 4) is 0 Å². The fourth-order valence-corrected chi connectivity index (χ4v) is 2.90. The highest BCUT2D eigenvalue weighted by Crippen LogP contribution is 2.28. The third kappa shape index (κ3) is 3.72. The normalized spacial score (nSPS) is 20.1. The Balaban J connectivity index is 3.18. The number of halogens is 4. The summed E-state index contributed by atoms with van der Waals surface area (Å²) < 4.78 is 75.8. The Hall–Kier alpha value is -1.72. The fourth-order valence-electron chi connectivity index (χ4n) is 1.51. The second-order valence-electron chi connectivity index (χ2n) is 4.97. The number of hydrazone groups is 1.